The van der Waals surface area contributed by atoms with Crippen LogP contribution >= 0.6 is 23.1 Å². The Morgan fingerprint density at radius 2 is 1.81 bits per heavy atom. The third-order valence-corrected chi connectivity index (χ3v) is 7.03. The van der Waals surface area contributed by atoms with Crippen LogP contribution in [0.1, 0.15) is 10.4 Å². The van der Waals surface area contributed by atoms with Gasteiger partial charge in [-0.1, -0.05) is 41.6 Å². The molecular weight excluding hydrogens is 440 g/mol. The van der Waals surface area contributed by atoms with Gasteiger partial charge in [-0.25, -0.2) is 0 Å². The van der Waals surface area contributed by atoms with Gasteiger partial charge in [-0.3, -0.25) is 4.79 Å². The first kappa shape index (κ1) is 22.1. The summed E-state index contributed by atoms with van der Waals surface area (Å²) in [6.45, 7) is 4.21. The van der Waals surface area contributed by atoms with E-state index in [0.717, 1.165) is 22.8 Å². The average molecular weight is 465 g/mol. The van der Waals surface area contributed by atoms with E-state index in [0.29, 0.717) is 5.16 Å². The Bertz CT molecular complexity index is 1230. The lowest BCUT2D eigenvalue weighted by molar-refractivity contribution is -0.113. The Morgan fingerprint density at radius 3 is 2.50 bits per heavy atom. The maximum absolute atomic E-state index is 12.4. The van der Waals surface area contributed by atoms with Crippen LogP contribution in [0.25, 0.3) is 22.5 Å². The highest BCUT2D eigenvalue weighted by atomic mass is 32.2. The van der Waals surface area contributed by atoms with Gasteiger partial charge in [-0.2, -0.15) is 0 Å². The smallest absolute Gasteiger partial charge is 0.234 e. The number of carbonyl (C=O) groups is 1. The zero-order valence-electron chi connectivity index (χ0n) is 18.4. The molecular formula is C24H24N4O2S2. The second-order valence-corrected chi connectivity index (χ2v) is 9.40. The zero-order chi connectivity index (χ0) is 22.7. The molecule has 32 heavy (non-hydrogen) atoms. The number of thioether (sulfide) groups is 1. The van der Waals surface area contributed by atoms with Gasteiger partial charge in [-0.05, 0) is 43.7 Å². The van der Waals surface area contributed by atoms with Gasteiger partial charge in [0.2, 0.25) is 5.91 Å². The number of hydrogen-bond donors (Lipinski definition) is 1. The number of anilines is 1. The summed E-state index contributed by atoms with van der Waals surface area (Å²) < 4.78 is 7.09. The molecule has 0 radical (unpaired) electrons. The number of hydrogen-bond acceptors (Lipinski definition) is 6. The lowest BCUT2D eigenvalue weighted by Crippen LogP contribution is -2.14. The fourth-order valence-corrected chi connectivity index (χ4v) is 4.95. The SMILES string of the molecule is COc1ccc(NC(=O)CSc2nnc(-c3csc(C)c3-c3ccc(C)cc3)n2C)cc1. The summed E-state index contributed by atoms with van der Waals surface area (Å²) in [6, 6.07) is 15.8. The minimum atomic E-state index is -0.101. The van der Waals surface area contributed by atoms with Crippen LogP contribution in [0.5, 0.6) is 5.75 Å². The number of rotatable bonds is 7. The Balaban J connectivity index is 1.48. The molecule has 0 aliphatic rings. The fraction of sp³-hybridized carbons (Fsp3) is 0.208. The molecule has 4 rings (SSSR count). The summed E-state index contributed by atoms with van der Waals surface area (Å²) in [5.74, 6) is 1.68. The van der Waals surface area contributed by atoms with Crippen molar-refractivity contribution in [3.8, 4) is 28.3 Å². The predicted molar refractivity (Wildman–Crippen MR) is 132 cm³/mol. The molecule has 2 aromatic carbocycles. The van der Waals surface area contributed by atoms with Gasteiger partial charge in [0.25, 0.3) is 0 Å². The highest BCUT2D eigenvalue weighted by Gasteiger charge is 2.19. The number of amides is 1. The van der Waals surface area contributed by atoms with Crippen molar-refractivity contribution in [2.24, 2.45) is 7.05 Å². The van der Waals surface area contributed by atoms with Crippen molar-refractivity contribution in [1.29, 1.82) is 0 Å². The predicted octanol–water partition coefficient (Wildman–Crippen LogP) is 5.57. The number of carbonyl (C=O) groups excluding carboxylic acids is 1. The van der Waals surface area contributed by atoms with Gasteiger partial charge in [0.1, 0.15) is 5.75 Å². The first-order valence-corrected chi connectivity index (χ1v) is 11.9. The largest absolute Gasteiger partial charge is 0.497 e. The van der Waals surface area contributed by atoms with Crippen LogP contribution in [0.4, 0.5) is 5.69 Å². The topological polar surface area (TPSA) is 69.0 Å². The summed E-state index contributed by atoms with van der Waals surface area (Å²) in [5, 5.41) is 14.5. The molecule has 0 aliphatic carbocycles. The molecule has 0 unspecified atom stereocenters. The number of ether oxygens (including phenoxy) is 1. The lowest BCUT2D eigenvalue weighted by Gasteiger charge is -2.08. The summed E-state index contributed by atoms with van der Waals surface area (Å²) in [4.78, 5) is 13.6. The molecule has 1 amide bonds. The first-order chi connectivity index (χ1) is 15.5. The van der Waals surface area contributed by atoms with Crippen LogP contribution in [0.3, 0.4) is 0 Å². The molecule has 0 saturated heterocycles. The molecule has 0 spiro atoms. The second kappa shape index (κ2) is 9.58. The van der Waals surface area contributed by atoms with Gasteiger partial charge in [0.15, 0.2) is 11.0 Å². The number of methoxy groups -OCH3 is 1. The standard InChI is InChI=1S/C24H24N4O2S2/c1-15-5-7-17(8-6-15)22-16(2)31-13-20(22)23-26-27-24(28(23)3)32-14-21(29)25-18-9-11-19(30-4)12-10-18/h5-13H,14H2,1-4H3,(H,25,29). The third kappa shape index (κ3) is 4.71. The quantitative estimate of drug-likeness (QED) is 0.362. The molecule has 8 heteroatoms. The number of aryl methyl sites for hydroxylation is 2. The van der Waals surface area contributed by atoms with E-state index in [1.54, 1.807) is 18.4 Å². The Morgan fingerprint density at radius 1 is 1.09 bits per heavy atom. The molecule has 0 saturated carbocycles. The summed E-state index contributed by atoms with van der Waals surface area (Å²) in [5.41, 5.74) is 5.36. The first-order valence-electron chi connectivity index (χ1n) is 10.1. The van der Waals surface area contributed by atoms with Gasteiger partial charge in [0, 0.05) is 34.1 Å². The maximum Gasteiger partial charge on any atom is 0.234 e. The number of nitrogens with zero attached hydrogens (tertiary/aromatic N) is 3. The maximum atomic E-state index is 12.4. The number of benzene rings is 2. The normalized spacial score (nSPS) is 10.9. The fourth-order valence-electron chi connectivity index (χ4n) is 3.37. The molecule has 1 N–H and O–H groups in total. The molecule has 4 aromatic rings. The molecule has 0 fully saturated rings. The number of nitrogens with one attached hydrogen (secondary N) is 1. The molecule has 164 valence electrons. The van der Waals surface area contributed by atoms with Crippen LogP contribution < -0.4 is 10.1 Å². The van der Waals surface area contributed by atoms with Crippen molar-refractivity contribution in [3.05, 3.63) is 64.4 Å². The van der Waals surface area contributed by atoms with Gasteiger partial charge in [0.05, 0.1) is 12.9 Å². The molecule has 2 heterocycles. The van der Waals surface area contributed by atoms with Crippen molar-refractivity contribution >= 4 is 34.7 Å². The van der Waals surface area contributed by atoms with E-state index < -0.39 is 0 Å². The van der Waals surface area contributed by atoms with E-state index in [2.05, 4.69) is 59.0 Å². The summed E-state index contributed by atoms with van der Waals surface area (Å²) >= 11 is 3.07. The van der Waals surface area contributed by atoms with E-state index in [4.69, 9.17) is 4.74 Å². The molecule has 0 aliphatic heterocycles. The van der Waals surface area contributed by atoms with Crippen molar-refractivity contribution in [1.82, 2.24) is 14.8 Å². The van der Waals surface area contributed by atoms with E-state index in [1.807, 2.05) is 35.9 Å². The van der Waals surface area contributed by atoms with Crippen LogP contribution in [0, 0.1) is 13.8 Å². The number of aromatic nitrogens is 3. The Kier molecular flexibility index (Phi) is 6.62. The summed E-state index contributed by atoms with van der Waals surface area (Å²) in [6.07, 6.45) is 0. The van der Waals surface area contributed by atoms with Crippen LogP contribution in [0.2, 0.25) is 0 Å². The van der Waals surface area contributed by atoms with Gasteiger partial charge < -0.3 is 14.6 Å². The highest BCUT2D eigenvalue weighted by Crippen LogP contribution is 2.38. The Hall–Kier alpha value is -3.10. The van der Waals surface area contributed by atoms with Crippen LogP contribution in [0.15, 0.2) is 59.1 Å². The van der Waals surface area contributed by atoms with E-state index in [1.165, 1.54) is 33.3 Å². The van der Waals surface area contributed by atoms with Crippen LogP contribution in [-0.2, 0) is 11.8 Å². The van der Waals surface area contributed by atoms with Crippen LogP contribution in [-0.4, -0.2) is 33.5 Å². The highest BCUT2D eigenvalue weighted by molar-refractivity contribution is 7.99. The monoisotopic (exact) mass is 464 g/mol. The molecule has 0 atom stereocenters. The van der Waals surface area contributed by atoms with E-state index in [9.17, 15) is 4.79 Å². The van der Waals surface area contributed by atoms with Gasteiger partial charge >= 0.3 is 0 Å². The second-order valence-electron chi connectivity index (χ2n) is 7.38. The van der Waals surface area contributed by atoms with Crippen molar-refractivity contribution in [2.45, 2.75) is 19.0 Å². The summed E-state index contributed by atoms with van der Waals surface area (Å²) in [7, 11) is 3.55. The van der Waals surface area contributed by atoms with Crippen molar-refractivity contribution in [2.75, 3.05) is 18.2 Å². The zero-order valence-corrected chi connectivity index (χ0v) is 20.0. The van der Waals surface area contributed by atoms with Crippen molar-refractivity contribution < 1.29 is 9.53 Å². The third-order valence-electron chi connectivity index (χ3n) is 5.10. The molecule has 0 bridgehead atoms. The van der Waals surface area contributed by atoms with Crippen molar-refractivity contribution in [3.63, 3.8) is 0 Å². The lowest BCUT2D eigenvalue weighted by atomic mass is 10.0. The van der Waals surface area contributed by atoms with Gasteiger partial charge in [-0.15, -0.1) is 21.5 Å². The number of thiophene rings is 1. The average Bonchev–Trinajstić information content (AvgIpc) is 3.35. The van der Waals surface area contributed by atoms with E-state index >= 15 is 0 Å². The molecule has 2 aromatic heterocycles. The Labute approximate surface area is 195 Å². The van der Waals surface area contributed by atoms with E-state index in [-0.39, 0.29) is 11.7 Å². The minimum absolute atomic E-state index is 0.101. The molecule has 6 nitrogen and oxygen atoms in total. The minimum Gasteiger partial charge on any atom is -0.497 e.